The maximum Gasteiger partial charge on any atom is 0.310 e. The SMILES string of the molecule is CCN(C(=O)CC(C)(C(=O)O)C(C)C)c1ccccc1. The van der Waals surface area contributed by atoms with Crippen molar-refractivity contribution in [3.05, 3.63) is 30.3 Å². The second-order valence-electron chi connectivity index (χ2n) is 5.53. The number of amides is 1. The molecular weight excluding hydrogens is 254 g/mol. The van der Waals surface area contributed by atoms with Gasteiger partial charge in [-0.25, -0.2) is 0 Å². The Hall–Kier alpha value is -1.84. The van der Waals surface area contributed by atoms with Gasteiger partial charge in [-0.05, 0) is 31.9 Å². The third-order valence-corrected chi connectivity index (χ3v) is 3.97. The first-order valence-corrected chi connectivity index (χ1v) is 6.91. The molecule has 1 unspecified atom stereocenters. The Morgan fingerprint density at radius 1 is 1.25 bits per heavy atom. The molecule has 1 aromatic rings. The average molecular weight is 277 g/mol. The lowest BCUT2D eigenvalue weighted by molar-refractivity contribution is -0.153. The summed E-state index contributed by atoms with van der Waals surface area (Å²) < 4.78 is 0. The van der Waals surface area contributed by atoms with Gasteiger partial charge in [0.25, 0.3) is 0 Å². The Morgan fingerprint density at radius 3 is 2.20 bits per heavy atom. The van der Waals surface area contributed by atoms with Gasteiger partial charge in [-0.1, -0.05) is 32.0 Å². The van der Waals surface area contributed by atoms with Crippen LogP contribution in [0.5, 0.6) is 0 Å². The maximum absolute atomic E-state index is 12.5. The number of aliphatic carboxylic acids is 1. The van der Waals surface area contributed by atoms with Crippen LogP contribution in [0.25, 0.3) is 0 Å². The molecule has 0 spiro atoms. The number of carbonyl (C=O) groups excluding carboxylic acids is 1. The number of nitrogens with zero attached hydrogens (tertiary/aromatic N) is 1. The largest absolute Gasteiger partial charge is 0.481 e. The van der Waals surface area contributed by atoms with Crippen molar-refractivity contribution in [2.45, 2.75) is 34.1 Å². The molecule has 4 heteroatoms. The van der Waals surface area contributed by atoms with E-state index in [1.54, 1.807) is 11.8 Å². The van der Waals surface area contributed by atoms with E-state index in [1.165, 1.54) is 0 Å². The molecule has 0 aliphatic carbocycles. The second kappa shape index (κ2) is 6.55. The molecule has 0 radical (unpaired) electrons. The molecule has 1 amide bonds. The first kappa shape index (κ1) is 16.2. The summed E-state index contributed by atoms with van der Waals surface area (Å²) >= 11 is 0. The number of carboxylic acid groups (broad SMARTS) is 1. The number of carbonyl (C=O) groups is 2. The molecule has 1 N–H and O–H groups in total. The van der Waals surface area contributed by atoms with Gasteiger partial charge < -0.3 is 10.0 Å². The fourth-order valence-electron chi connectivity index (χ4n) is 2.05. The highest BCUT2D eigenvalue weighted by Crippen LogP contribution is 2.32. The normalized spacial score (nSPS) is 13.8. The molecule has 0 aliphatic rings. The third kappa shape index (κ3) is 3.38. The second-order valence-corrected chi connectivity index (χ2v) is 5.53. The van der Waals surface area contributed by atoms with E-state index in [9.17, 15) is 14.7 Å². The summed E-state index contributed by atoms with van der Waals surface area (Å²) in [5.41, 5.74) is -0.240. The van der Waals surface area contributed by atoms with Crippen molar-refractivity contribution in [1.82, 2.24) is 0 Å². The van der Waals surface area contributed by atoms with Crippen molar-refractivity contribution >= 4 is 17.6 Å². The van der Waals surface area contributed by atoms with Gasteiger partial charge in [0.15, 0.2) is 0 Å². The van der Waals surface area contributed by atoms with Crippen molar-refractivity contribution in [1.29, 1.82) is 0 Å². The zero-order chi connectivity index (χ0) is 15.3. The molecule has 0 saturated heterocycles. The summed E-state index contributed by atoms with van der Waals surface area (Å²) in [5.74, 6) is -1.19. The molecule has 0 saturated carbocycles. The van der Waals surface area contributed by atoms with E-state index in [2.05, 4.69) is 0 Å². The third-order valence-electron chi connectivity index (χ3n) is 3.97. The van der Waals surface area contributed by atoms with Crippen LogP contribution in [-0.4, -0.2) is 23.5 Å². The van der Waals surface area contributed by atoms with E-state index in [1.807, 2.05) is 51.1 Å². The van der Waals surface area contributed by atoms with Crippen LogP contribution in [0.2, 0.25) is 0 Å². The quantitative estimate of drug-likeness (QED) is 0.868. The minimum absolute atomic E-state index is 0.00271. The lowest BCUT2D eigenvalue weighted by Gasteiger charge is -2.31. The number of anilines is 1. The van der Waals surface area contributed by atoms with Crippen LogP contribution < -0.4 is 4.90 Å². The van der Waals surface area contributed by atoms with Crippen LogP contribution in [-0.2, 0) is 9.59 Å². The minimum atomic E-state index is -1.04. The number of hydrogen-bond acceptors (Lipinski definition) is 2. The van der Waals surface area contributed by atoms with Crippen LogP contribution in [0.4, 0.5) is 5.69 Å². The highest BCUT2D eigenvalue weighted by Gasteiger charge is 2.39. The van der Waals surface area contributed by atoms with Crippen molar-refractivity contribution in [3.8, 4) is 0 Å². The summed E-state index contributed by atoms with van der Waals surface area (Å²) in [6.07, 6.45) is 0.00271. The van der Waals surface area contributed by atoms with Gasteiger partial charge >= 0.3 is 5.97 Å². The molecule has 1 rings (SSSR count). The zero-order valence-electron chi connectivity index (χ0n) is 12.6. The van der Waals surface area contributed by atoms with Crippen LogP contribution in [0, 0.1) is 11.3 Å². The van der Waals surface area contributed by atoms with Gasteiger partial charge in [0.05, 0.1) is 5.41 Å². The van der Waals surface area contributed by atoms with E-state index in [4.69, 9.17) is 0 Å². The predicted molar refractivity (Wildman–Crippen MR) is 79.7 cm³/mol. The van der Waals surface area contributed by atoms with Crippen molar-refractivity contribution in [2.24, 2.45) is 11.3 Å². The summed E-state index contributed by atoms with van der Waals surface area (Å²) in [7, 11) is 0. The number of para-hydroxylation sites is 1. The average Bonchev–Trinajstić information content (AvgIpc) is 2.40. The van der Waals surface area contributed by atoms with Gasteiger partial charge in [0, 0.05) is 18.7 Å². The van der Waals surface area contributed by atoms with E-state index < -0.39 is 11.4 Å². The van der Waals surface area contributed by atoms with Crippen LogP contribution in [0.3, 0.4) is 0 Å². The fourth-order valence-corrected chi connectivity index (χ4v) is 2.05. The Kier molecular flexibility index (Phi) is 5.31. The Bertz CT molecular complexity index is 470. The topological polar surface area (TPSA) is 57.6 Å². The van der Waals surface area contributed by atoms with Crippen molar-refractivity contribution in [3.63, 3.8) is 0 Å². The predicted octanol–water partition coefficient (Wildman–Crippen LogP) is 3.18. The van der Waals surface area contributed by atoms with Crippen LogP contribution >= 0.6 is 0 Å². The molecule has 0 aliphatic heterocycles. The van der Waals surface area contributed by atoms with Crippen molar-refractivity contribution < 1.29 is 14.7 Å². The number of carboxylic acids is 1. The Labute approximate surface area is 120 Å². The molecule has 0 heterocycles. The molecule has 1 aromatic carbocycles. The Morgan fingerprint density at radius 2 is 1.80 bits per heavy atom. The van der Waals surface area contributed by atoms with Crippen LogP contribution in [0.1, 0.15) is 34.1 Å². The monoisotopic (exact) mass is 277 g/mol. The standard InChI is InChI=1S/C16H23NO3/c1-5-17(13-9-7-6-8-10-13)14(18)11-16(4,12(2)3)15(19)20/h6-10,12H,5,11H2,1-4H3,(H,19,20). The van der Waals surface area contributed by atoms with Gasteiger partial charge in [-0.2, -0.15) is 0 Å². The van der Waals surface area contributed by atoms with E-state index in [0.717, 1.165) is 5.69 Å². The molecular formula is C16H23NO3. The molecule has 1 atom stereocenters. The van der Waals surface area contributed by atoms with Gasteiger partial charge in [-0.15, -0.1) is 0 Å². The Balaban J connectivity index is 2.96. The van der Waals surface area contributed by atoms with Gasteiger partial charge in [0.1, 0.15) is 0 Å². The highest BCUT2D eigenvalue weighted by atomic mass is 16.4. The van der Waals surface area contributed by atoms with Crippen molar-refractivity contribution in [2.75, 3.05) is 11.4 Å². The molecule has 20 heavy (non-hydrogen) atoms. The number of hydrogen-bond donors (Lipinski definition) is 1. The first-order chi connectivity index (χ1) is 9.32. The minimum Gasteiger partial charge on any atom is -0.481 e. The highest BCUT2D eigenvalue weighted by molar-refractivity contribution is 5.96. The molecule has 110 valence electrons. The number of rotatable bonds is 6. The van der Waals surface area contributed by atoms with Crippen LogP contribution in [0.15, 0.2) is 30.3 Å². The zero-order valence-corrected chi connectivity index (χ0v) is 12.6. The van der Waals surface area contributed by atoms with Gasteiger partial charge in [-0.3, -0.25) is 9.59 Å². The summed E-state index contributed by atoms with van der Waals surface area (Å²) in [5, 5.41) is 9.41. The van der Waals surface area contributed by atoms with E-state index in [-0.39, 0.29) is 18.2 Å². The smallest absolute Gasteiger partial charge is 0.310 e. The fraction of sp³-hybridized carbons (Fsp3) is 0.500. The van der Waals surface area contributed by atoms with E-state index >= 15 is 0 Å². The van der Waals surface area contributed by atoms with E-state index in [0.29, 0.717) is 6.54 Å². The molecule has 0 aromatic heterocycles. The molecule has 4 nitrogen and oxygen atoms in total. The number of benzene rings is 1. The maximum atomic E-state index is 12.5. The summed E-state index contributed by atoms with van der Waals surface area (Å²) in [6, 6.07) is 9.33. The lowest BCUT2D eigenvalue weighted by atomic mass is 9.76. The van der Waals surface area contributed by atoms with Gasteiger partial charge in [0.2, 0.25) is 5.91 Å². The summed E-state index contributed by atoms with van der Waals surface area (Å²) in [4.78, 5) is 25.6. The first-order valence-electron chi connectivity index (χ1n) is 6.91. The molecule has 0 fully saturated rings. The summed E-state index contributed by atoms with van der Waals surface area (Å²) in [6.45, 7) is 7.71. The lowest BCUT2D eigenvalue weighted by Crippen LogP contribution is -2.41. The molecule has 0 bridgehead atoms.